The molecule has 1 atom stereocenters. The lowest BCUT2D eigenvalue weighted by Gasteiger charge is -2.18. The quantitative estimate of drug-likeness (QED) is 0.733. The third kappa shape index (κ3) is 3.65. The molecule has 0 spiro atoms. The van der Waals surface area contributed by atoms with Gasteiger partial charge in [0.25, 0.3) is 0 Å². The van der Waals surface area contributed by atoms with Crippen molar-refractivity contribution >= 4 is 0 Å². The van der Waals surface area contributed by atoms with Crippen molar-refractivity contribution in [1.82, 2.24) is 10.2 Å². The summed E-state index contributed by atoms with van der Waals surface area (Å²) in [6.07, 6.45) is 2.17. The van der Waals surface area contributed by atoms with Gasteiger partial charge in [-0.25, -0.2) is 0 Å². The average molecular weight is 195 g/mol. The number of hydrogen-bond donors (Lipinski definition) is 1. The fourth-order valence-electron chi connectivity index (χ4n) is 1.75. The Kier molecular flexibility index (Phi) is 3.91. The lowest BCUT2D eigenvalue weighted by atomic mass is 9.91. The van der Waals surface area contributed by atoms with Crippen molar-refractivity contribution in [3.05, 3.63) is 0 Å². The third-order valence-electron chi connectivity index (χ3n) is 2.88. The summed E-state index contributed by atoms with van der Waals surface area (Å²) in [4.78, 5) is 2.34. The largest absolute Gasteiger partial charge is 0.313 e. The lowest BCUT2D eigenvalue weighted by molar-refractivity contribution is 0.380. The summed E-state index contributed by atoms with van der Waals surface area (Å²) in [6, 6.07) is 2.96. The van der Waals surface area contributed by atoms with Crippen molar-refractivity contribution in [3.8, 4) is 6.07 Å². The van der Waals surface area contributed by atoms with Gasteiger partial charge in [0.2, 0.25) is 0 Å². The molecule has 14 heavy (non-hydrogen) atoms. The van der Waals surface area contributed by atoms with Crippen LogP contribution in [0.5, 0.6) is 0 Å². The first kappa shape index (κ1) is 11.5. The van der Waals surface area contributed by atoms with Crippen molar-refractivity contribution in [2.24, 2.45) is 5.41 Å². The summed E-state index contributed by atoms with van der Waals surface area (Å²) in [6.45, 7) is 7.29. The molecule has 0 bridgehead atoms. The Balaban J connectivity index is 2.13. The van der Waals surface area contributed by atoms with Gasteiger partial charge in [0.05, 0.1) is 11.5 Å². The maximum absolute atomic E-state index is 8.84. The number of likely N-dealkylation sites (tertiary alicyclic amines) is 1. The Hall–Kier alpha value is -0.590. The summed E-state index contributed by atoms with van der Waals surface area (Å²) in [5.41, 5.74) is -0.183. The highest BCUT2D eigenvalue weighted by Crippen LogP contribution is 2.17. The van der Waals surface area contributed by atoms with E-state index in [-0.39, 0.29) is 5.41 Å². The zero-order chi connectivity index (χ0) is 10.6. The minimum absolute atomic E-state index is 0.183. The van der Waals surface area contributed by atoms with Crippen LogP contribution in [0.2, 0.25) is 0 Å². The molecule has 3 heteroatoms. The predicted octanol–water partition coefficient (Wildman–Crippen LogP) is 1.22. The number of hydrogen-bond acceptors (Lipinski definition) is 3. The van der Waals surface area contributed by atoms with E-state index in [0.717, 1.165) is 19.5 Å². The van der Waals surface area contributed by atoms with E-state index < -0.39 is 0 Å². The summed E-state index contributed by atoms with van der Waals surface area (Å²) >= 11 is 0. The Labute approximate surface area is 87.1 Å². The zero-order valence-corrected chi connectivity index (χ0v) is 9.51. The number of nitriles is 1. The molecule has 1 unspecified atom stereocenters. The van der Waals surface area contributed by atoms with Gasteiger partial charge in [0.15, 0.2) is 0 Å². The third-order valence-corrected chi connectivity index (χ3v) is 2.88. The van der Waals surface area contributed by atoms with Gasteiger partial charge in [0, 0.05) is 12.6 Å². The van der Waals surface area contributed by atoms with Gasteiger partial charge in [-0.3, -0.25) is 0 Å². The van der Waals surface area contributed by atoms with Gasteiger partial charge in [0.1, 0.15) is 0 Å². The minimum atomic E-state index is -0.183. The van der Waals surface area contributed by atoms with Crippen molar-refractivity contribution in [3.63, 3.8) is 0 Å². The van der Waals surface area contributed by atoms with E-state index in [0.29, 0.717) is 6.04 Å². The molecule has 1 aliphatic rings. The SMILES string of the molecule is CN1CCC(NCCC(C)(C)C#N)C1. The van der Waals surface area contributed by atoms with Gasteiger partial charge in [-0.2, -0.15) is 5.26 Å². The number of rotatable bonds is 4. The average Bonchev–Trinajstić information content (AvgIpc) is 2.51. The van der Waals surface area contributed by atoms with Crippen molar-refractivity contribution in [2.75, 3.05) is 26.7 Å². The second kappa shape index (κ2) is 4.77. The standard InChI is InChI=1S/C11H21N3/c1-11(2,9-12)5-6-13-10-4-7-14(3)8-10/h10,13H,4-8H2,1-3H3. The van der Waals surface area contributed by atoms with Crippen LogP contribution in [0.15, 0.2) is 0 Å². The first-order chi connectivity index (χ1) is 6.53. The van der Waals surface area contributed by atoms with Crippen LogP contribution in [-0.4, -0.2) is 37.6 Å². The Bertz CT molecular complexity index is 217. The molecule has 80 valence electrons. The first-order valence-corrected chi connectivity index (χ1v) is 5.37. The highest BCUT2D eigenvalue weighted by atomic mass is 15.2. The Morgan fingerprint density at radius 1 is 1.57 bits per heavy atom. The van der Waals surface area contributed by atoms with Crippen LogP contribution in [0, 0.1) is 16.7 Å². The molecular formula is C11H21N3. The molecule has 0 aromatic carbocycles. The molecular weight excluding hydrogens is 174 g/mol. The molecule has 1 fully saturated rings. The van der Waals surface area contributed by atoms with Crippen LogP contribution in [0.4, 0.5) is 0 Å². The Morgan fingerprint density at radius 3 is 2.79 bits per heavy atom. The van der Waals surface area contributed by atoms with E-state index in [1.807, 2.05) is 13.8 Å². The predicted molar refractivity (Wildman–Crippen MR) is 57.9 cm³/mol. The summed E-state index contributed by atoms with van der Waals surface area (Å²) in [5, 5.41) is 12.4. The van der Waals surface area contributed by atoms with Crippen LogP contribution in [-0.2, 0) is 0 Å². The first-order valence-electron chi connectivity index (χ1n) is 5.37. The second-order valence-electron chi connectivity index (χ2n) is 4.95. The molecule has 1 N–H and O–H groups in total. The van der Waals surface area contributed by atoms with Crippen molar-refractivity contribution in [2.45, 2.75) is 32.7 Å². The van der Waals surface area contributed by atoms with E-state index in [2.05, 4.69) is 23.3 Å². The van der Waals surface area contributed by atoms with Gasteiger partial charge in [-0.1, -0.05) is 0 Å². The Morgan fingerprint density at radius 2 is 2.29 bits per heavy atom. The second-order valence-corrected chi connectivity index (χ2v) is 4.95. The smallest absolute Gasteiger partial charge is 0.0684 e. The number of nitrogens with zero attached hydrogens (tertiary/aromatic N) is 2. The summed E-state index contributed by atoms with van der Waals surface area (Å²) in [5.74, 6) is 0. The topological polar surface area (TPSA) is 39.1 Å². The van der Waals surface area contributed by atoms with Gasteiger partial charge in [-0.15, -0.1) is 0 Å². The molecule has 1 aliphatic heterocycles. The maximum Gasteiger partial charge on any atom is 0.0684 e. The molecule has 1 saturated heterocycles. The summed E-state index contributed by atoms with van der Waals surface area (Å²) < 4.78 is 0. The minimum Gasteiger partial charge on any atom is -0.313 e. The molecule has 0 aromatic heterocycles. The van der Waals surface area contributed by atoms with Gasteiger partial charge in [-0.05, 0) is 46.8 Å². The molecule has 1 heterocycles. The lowest BCUT2D eigenvalue weighted by Crippen LogP contribution is -2.33. The van der Waals surface area contributed by atoms with Crippen molar-refractivity contribution in [1.29, 1.82) is 5.26 Å². The zero-order valence-electron chi connectivity index (χ0n) is 9.51. The van der Waals surface area contributed by atoms with Crippen molar-refractivity contribution < 1.29 is 0 Å². The van der Waals surface area contributed by atoms with E-state index in [9.17, 15) is 0 Å². The summed E-state index contributed by atoms with van der Waals surface area (Å²) in [7, 11) is 2.15. The fourth-order valence-corrected chi connectivity index (χ4v) is 1.75. The molecule has 0 aliphatic carbocycles. The van der Waals surface area contributed by atoms with Crippen LogP contribution in [0.1, 0.15) is 26.7 Å². The van der Waals surface area contributed by atoms with E-state index in [1.54, 1.807) is 0 Å². The number of likely N-dealkylation sites (N-methyl/N-ethyl adjacent to an activating group) is 1. The van der Waals surface area contributed by atoms with E-state index >= 15 is 0 Å². The molecule has 3 nitrogen and oxygen atoms in total. The van der Waals surface area contributed by atoms with Crippen LogP contribution < -0.4 is 5.32 Å². The maximum atomic E-state index is 8.84. The molecule has 0 saturated carbocycles. The van der Waals surface area contributed by atoms with Gasteiger partial charge < -0.3 is 10.2 Å². The molecule has 0 aromatic rings. The van der Waals surface area contributed by atoms with Crippen LogP contribution in [0.3, 0.4) is 0 Å². The van der Waals surface area contributed by atoms with Gasteiger partial charge >= 0.3 is 0 Å². The highest BCUT2D eigenvalue weighted by Gasteiger charge is 2.20. The van der Waals surface area contributed by atoms with Crippen LogP contribution >= 0.6 is 0 Å². The highest BCUT2D eigenvalue weighted by molar-refractivity contribution is 4.92. The van der Waals surface area contributed by atoms with Crippen LogP contribution in [0.25, 0.3) is 0 Å². The molecule has 1 rings (SSSR count). The molecule has 0 radical (unpaired) electrons. The monoisotopic (exact) mass is 195 g/mol. The fraction of sp³-hybridized carbons (Fsp3) is 0.909. The van der Waals surface area contributed by atoms with E-state index in [4.69, 9.17) is 5.26 Å². The number of nitrogens with one attached hydrogen (secondary N) is 1. The van der Waals surface area contributed by atoms with E-state index in [1.165, 1.54) is 13.0 Å². The normalized spacial score (nSPS) is 23.7. The molecule has 0 amide bonds.